The van der Waals surface area contributed by atoms with Gasteiger partial charge in [-0.15, -0.1) is 0 Å². The van der Waals surface area contributed by atoms with Crippen molar-refractivity contribution in [2.75, 3.05) is 5.32 Å². The monoisotopic (exact) mass is 265 g/mol. The second-order valence-electron chi connectivity index (χ2n) is 4.11. The summed E-state index contributed by atoms with van der Waals surface area (Å²) in [6.07, 6.45) is 0.292. The third kappa shape index (κ3) is 3.51. The van der Waals surface area contributed by atoms with Crippen LogP contribution in [0.15, 0.2) is 24.3 Å². The Morgan fingerprint density at radius 2 is 1.95 bits per heavy atom. The van der Waals surface area contributed by atoms with E-state index in [9.17, 15) is 18.8 Å². The molecule has 1 heterocycles. The second kappa shape index (κ2) is 5.47. The van der Waals surface area contributed by atoms with Gasteiger partial charge in [0.25, 0.3) is 5.91 Å². The summed E-state index contributed by atoms with van der Waals surface area (Å²) in [5.74, 6) is -1.12. The third-order valence-electron chi connectivity index (χ3n) is 2.65. The van der Waals surface area contributed by atoms with Crippen LogP contribution in [0.2, 0.25) is 0 Å². The van der Waals surface area contributed by atoms with Crippen LogP contribution in [-0.4, -0.2) is 23.9 Å². The van der Waals surface area contributed by atoms with E-state index < -0.39 is 18.0 Å². The Kier molecular flexibility index (Phi) is 3.74. The van der Waals surface area contributed by atoms with Crippen LogP contribution < -0.4 is 16.0 Å². The van der Waals surface area contributed by atoms with Gasteiger partial charge in [-0.3, -0.25) is 14.9 Å². The van der Waals surface area contributed by atoms with Gasteiger partial charge in [0.05, 0.1) is 0 Å². The largest absolute Gasteiger partial charge is 0.326 e. The van der Waals surface area contributed by atoms with Crippen LogP contribution in [-0.2, 0) is 9.59 Å². The number of urea groups is 1. The number of hydrogen-bond donors (Lipinski definition) is 3. The highest BCUT2D eigenvalue weighted by atomic mass is 19.1. The zero-order valence-electron chi connectivity index (χ0n) is 9.90. The number of imide groups is 1. The Morgan fingerprint density at radius 3 is 2.53 bits per heavy atom. The Labute approximate surface area is 108 Å². The van der Waals surface area contributed by atoms with Crippen molar-refractivity contribution in [3.63, 3.8) is 0 Å². The van der Waals surface area contributed by atoms with Crippen LogP contribution >= 0.6 is 0 Å². The average Bonchev–Trinajstić information content (AvgIpc) is 2.68. The van der Waals surface area contributed by atoms with Crippen molar-refractivity contribution in [2.24, 2.45) is 0 Å². The Morgan fingerprint density at radius 1 is 1.26 bits per heavy atom. The lowest BCUT2D eigenvalue weighted by Gasteiger charge is -2.07. The minimum Gasteiger partial charge on any atom is -0.326 e. The first-order chi connectivity index (χ1) is 9.04. The maximum absolute atomic E-state index is 12.7. The Bertz CT molecular complexity index is 515. The van der Waals surface area contributed by atoms with Crippen molar-refractivity contribution in [2.45, 2.75) is 18.9 Å². The fourth-order valence-corrected chi connectivity index (χ4v) is 1.69. The molecule has 6 nitrogen and oxygen atoms in total. The molecule has 0 saturated carbocycles. The van der Waals surface area contributed by atoms with E-state index in [0.29, 0.717) is 5.69 Å². The summed E-state index contributed by atoms with van der Waals surface area (Å²) in [5, 5.41) is 7.05. The van der Waals surface area contributed by atoms with E-state index in [0.717, 1.165) is 0 Å². The number of nitrogens with one attached hydrogen (secondary N) is 3. The number of rotatable bonds is 4. The van der Waals surface area contributed by atoms with E-state index >= 15 is 0 Å². The van der Waals surface area contributed by atoms with Crippen LogP contribution in [0.3, 0.4) is 0 Å². The van der Waals surface area contributed by atoms with Crippen LogP contribution in [0, 0.1) is 5.82 Å². The molecule has 1 aromatic rings. The molecule has 0 aromatic heterocycles. The van der Waals surface area contributed by atoms with Gasteiger partial charge < -0.3 is 10.6 Å². The predicted octanol–water partition coefficient (Wildman–Crippen LogP) is 0.752. The van der Waals surface area contributed by atoms with E-state index in [1.54, 1.807) is 0 Å². The standard InChI is InChI=1S/C12H12FN3O3/c13-7-1-3-8(4-2-7)14-10(17)6-5-9-11(18)16-12(19)15-9/h1-4,9H,5-6H2,(H,14,17)(H2,15,16,18,19)/t9-/m1/s1. The first-order valence-corrected chi connectivity index (χ1v) is 5.71. The fraction of sp³-hybridized carbons (Fsp3) is 0.250. The molecule has 0 bridgehead atoms. The number of carbonyl (C=O) groups excluding carboxylic acids is 3. The van der Waals surface area contributed by atoms with E-state index in [4.69, 9.17) is 0 Å². The highest BCUT2D eigenvalue weighted by molar-refractivity contribution is 6.04. The smallest absolute Gasteiger partial charge is 0.322 e. The van der Waals surface area contributed by atoms with Crippen molar-refractivity contribution in [1.82, 2.24) is 10.6 Å². The SMILES string of the molecule is O=C(CC[C@H]1NC(=O)NC1=O)Nc1ccc(F)cc1. The van der Waals surface area contributed by atoms with E-state index in [1.165, 1.54) is 24.3 Å². The summed E-state index contributed by atoms with van der Waals surface area (Å²) in [5.41, 5.74) is 0.478. The van der Waals surface area contributed by atoms with Gasteiger partial charge in [-0.25, -0.2) is 9.18 Å². The molecule has 1 atom stereocenters. The summed E-state index contributed by atoms with van der Waals surface area (Å²) >= 11 is 0. The molecule has 1 fully saturated rings. The van der Waals surface area contributed by atoms with Crippen molar-refractivity contribution in [1.29, 1.82) is 0 Å². The average molecular weight is 265 g/mol. The van der Waals surface area contributed by atoms with E-state index in [2.05, 4.69) is 16.0 Å². The molecule has 19 heavy (non-hydrogen) atoms. The van der Waals surface area contributed by atoms with Gasteiger partial charge in [0, 0.05) is 12.1 Å². The molecule has 3 N–H and O–H groups in total. The minimum atomic E-state index is -0.675. The highest BCUT2D eigenvalue weighted by Crippen LogP contribution is 2.10. The summed E-state index contributed by atoms with van der Waals surface area (Å²) in [6, 6.07) is 4.13. The highest BCUT2D eigenvalue weighted by Gasteiger charge is 2.29. The lowest BCUT2D eigenvalue weighted by Crippen LogP contribution is -2.30. The fourth-order valence-electron chi connectivity index (χ4n) is 1.69. The number of hydrogen-bond acceptors (Lipinski definition) is 3. The molecule has 4 amide bonds. The summed E-state index contributed by atoms with van der Waals surface area (Å²) in [4.78, 5) is 33.7. The first-order valence-electron chi connectivity index (χ1n) is 5.71. The molecule has 0 unspecified atom stereocenters. The van der Waals surface area contributed by atoms with Gasteiger partial charge in [0.15, 0.2) is 0 Å². The first kappa shape index (κ1) is 13.0. The van der Waals surface area contributed by atoms with Gasteiger partial charge in [-0.05, 0) is 30.7 Å². The molecule has 1 saturated heterocycles. The molecule has 0 radical (unpaired) electrons. The molecule has 100 valence electrons. The third-order valence-corrected chi connectivity index (χ3v) is 2.65. The number of halogens is 1. The van der Waals surface area contributed by atoms with Gasteiger partial charge in [-0.1, -0.05) is 0 Å². The van der Waals surface area contributed by atoms with Crippen molar-refractivity contribution < 1.29 is 18.8 Å². The van der Waals surface area contributed by atoms with E-state index in [1.807, 2.05) is 0 Å². The molecule has 0 aliphatic carbocycles. The molecule has 1 aliphatic heterocycles. The van der Waals surface area contributed by atoms with Gasteiger partial charge >= 0.3 is 6.03 Å². The van der Waals surface area contributed by atoms with Crippen molar-refractivity contribution in [3.8, 4) is 0 Å². The number of anilines is 1. The maximum atomic E-state index is 12.7. The van der Waals surface area contributed by atoms with Crippen molar-refractivity contribution in [3.05, 3.63) is 30.1 Å². The van der Waals surface area contributed by atoms with Crippen molar-refractivity contribution >= 4 is 23.5 Å². The van der Waals surface area contributed by atoms with Crippen LogP contribution in [0.5, 0.6) is 0 Å². The molecule has 7 heteroatoms. The number of carbonyl (C=O) groups is 3. The van der Waals surface area contributed by atoms with Crippen LogP contribution in [0.4, 0.5) is 14.9 Å². The zero-order valence-corrected chi connectivity index (χ0v) is 9.90. The summed E-state index contributed by atoms with van der Waals surface area (Å²) in [7, 11) is 0. The molecular weight excluding hydrogens is 253 g/mol. The number of amides is 4. The van der Waals surface area contributed by atoms with Gasteiger partial charge in [-0.2, -0.15) is 0 Å². The zero-order chi connectivity index (χ0) is 13.8. The predicted molar refractivity (Wildman–Crippen MR) is 64.7 cm³/mol. The van der Waals surface area contributed by atoms with E-state index in [-0.39, 0.29) is 24.6 Å². The Hall–Kier alpha value is -2.44. The maximum Gasteiger partial charge on any atom is 0.322 e. The summed E-state index contributed by atoms with van der Waals surface area (Å²) < 4.78 is 12.7. The quantitative estimate of drug-likeness (QED) is 0.702. The molecule has 0 spiro atoms. The number of benzene rings is 1. The molecular formula is C12H12FN3O3. The van der Waals surface area contributed by atoms with Gasteiger partial charge in [0.2, 0.25) is 5.91 Å². The summed E-state index contributed by atoms with van der Waals surface area (Å²) in [6.45, 7) is 0. The molecule has 2 rings (SSSR count). The molecule has 1 aromatic carbocycles. The molecule has 1 aliphatic rings. The van der Waals surface area contributed by atoms with Crippen LogP contribution in [0.25, 0.3) is 0 Å². The Balaban J connectivity index is 1.80. The van der Waals surface area contributed by atoms with Gasteiger partial charge in [0.1, 0.15) is 11.9 Å². The minimum absolute atomic E-state index is 0.0791. The van der Waals surface area contributed by atoms with Crippen LogP contribution in [0.1, 0.15) is 12.8 Å². The topological polar surface area (TPSA) is 87.3 Å². The lowest BCUT2D eigenvalue weighted by atomic mass is 10.1. The normalized spacial score (nSPS) is 17.8. The second-order valence-corrected chi connectivity index (χ2v) is 4.11. The lowest BCUT2D eigenvalue weighted by molar-refractivity contribution is -0.120.